The van der Waals surface area contributed by atoms with E-state index in [0.717, 1.165) is 6.42 Å². The highest BCUT2D eigenvalue weighted by molar-refractivity contribution is 7.89. The number of carbonyl (C=O) groups is 2. The lowest BCUT2D eigenvalue weighted by molar-refractivity contribution is -0.126. The van der Waals surface area contributed by atoms with Crippen molar-refractivity contribution in [2.75, 3.05) is 32.7 Å². The number of rotatable bonds is 7. The topological polar surface area (TPSA) is 96.0 Å². The fourth-order valence-corrected chi connectivity index (χ4v) is 5.99. The van der Waals surface area contributed by atoms with Crippen molar-refractivity contribution in [1.82, 2.24) is 14.5 Å². The van der Waals surface area contributed by atoms with Crippen LogP contribution in [0.3, 0.4) is 0 Å². The predicted molar refractivity (Wildman–Crippen MR) is 126 cm³/mol. The summed E-state index contributed by atoms with van der Waals surface area (Å²) in [5, 5.41) is 3.00. The number of nitrogens with one attached hydrogen (secondary N) is 1. The van der Waals surface area contributed by atoms with Crippen LogP contribution in [0, 0.1) is 11.8 Å². The van der Waals surface area contributed by atoms with Crippen LogP contribution in [-0.4, -0.2) is 74.4 Å². The molecular weight excluding hydrogens is 442 g/mol. The van der Waals surface area contributed by atoms with E-state index in [-0.39, 0.29) is 34.8 Å². The van der Waals surface area contributed by atoms with Crippen molar-refractivity contribution in [2.45, 2.75) is 64.1 Å². The fourth-order valence-electron chi connectivity index (χ4n) is 4.40. The highest BCUT2D eigenvalue weighted by Crippen LogP contribution is 2.23. The number of carbonyl (C=O) groups excluding carboxylic acids is 2. The summed E-state index contributed by atoms with van der Waals surface area (Å²) in [6.45, 7) is 10.3. The van der Waals surface area contributed by atoms with Gasteiger partial charge in [-0.1, -0.05) is 13.8 Å². The average molecular weight is 480 g/mol. The van der Waals surface area contributed by atoms with Crippen molar-refractivity contribution in [3.8, 4) is 0 Å². The molecule has 8 nitrogen and oxygen atoms in total. The second-order valence-electron chi connectivity index (χ2n) is 9.64. The number of hydrogen-bond donors (Lipinski definition) is 1. The molecule has 1 N–H and O–H groups in total. The highest BCUT2D eigenvalue weighted by Gasteiger charge is 2.33. The van der Waals surface area contributed by atoms with Crippen LogP contribution in [0.25, 0.3) is 0 Å². The third kappa shape index (κ3) is 6.55. The second-order valence-corrected chi connectivity index (χ2v) is 11.6. The lowest BCUT2D eigenvalue weighted by atomic mass is 9.95. The summed E-state index contributed by atoms with van der Waals surface area (Å²) in [6.07, 6.45) is 1.91. The van der Waals surface area contributed by atoms with Gasteiger partial charge in [0.2, 0.25) is 15.9 Å². The van der Waals surface area contributed by atoms with Crippen molar-refractivity contribution >= 4 is 21.8 Å². The third-order valence-electron chi connectivity index (χ3n) is 6.30. The van der Waals surface area contributed by atoms with E-state index in [2.05, 4.69) is 19.2 Å². The minimum Gasteiger partial charge on any atom is -0.373 e. The van der Waals surface area contributed by atoms with Gasteiger partial charge >= 0.3 is 0 Å². The third-order valence-corrected chi connectivity index (χ3v) is 8.14. The van der Waals surface area contributed by atoms with Gasteiger partial charge in [-0.2, -0.15) is 4.31 Å². The maximum absolute atomic E-state index is 13.0. The van der Waals surface area contributed by atoms with Crippen LogP contribution in [0.15, 0.2) is 29.2 Å². The highest BCUT2D eigenvalue weighted by atomic mass is 32.2. The molecule has 1 aromatic rings. The van der Waals surface area contributed by atoms with Gasteiger partial charge in [0.05, 0.1) is 17.1 Å². The van der Waals surface area contributed by atoms with Crippen LogP contribution in [0.5, 0.6) is 0 Å². The zero-order valence-electron chi connectivity index (χ0n) is 20.1. The molecule has 2 fully saturated rings. The molecular formula is C24H37N3O5S. The van der Waals surface area contributed by atoms with Gasteiger partial charge in [0, 0.05) is 44.2 Å². The lowest BCUT2D eigenvalue weighted by Gasteiger charge is -2.34. The van der Waals surface area contributed by atoms with E-state index < -0.39 is 10.0 Å². The van der Waals surface area contributed by atoms with E-state index >= 15 is 0 Å². The Labute approximate surface area is 197 Å². The number of sulfonamides is 1. The van der Waals surface area contributed by atoms with Gasteiger partial charge in [-0.25, -0.2) is 8.42 Å². The Morgan fingerprint density at radius 3 is 2.18 bits per heavy atom. The number of ether oxygens (including phenoxy) is 1. The Kier molecular flexibility index (Phi) is 8.53. The Morgan fingerprint density at radius 1 is 1.06 bits per heavy atom. The number of amides is 2. The molecule has 33 heavy (non-hydrogen) atoms. The molecule has 2 heterocycles. The van der Waals surface area contributed by atoms with Crippen molar-refractivity contribution < 1.29 is 22.7 Å². The number of likely N-dealkylation sites (tertiary alicyclic amines) is 1. The molecule has 3 rings (SSSR count). The number of hydrogen-bond acceptors (Lipinski definition) is 5. The smallest absolute Gasteiger partial charge is 0.253 e. The van der Waals surface area contributed by atoms with Crippen LogP contribution in [0.2, 0.25) is 0 Å². The minimum absolute atomic E-state index is 0.0629. The zero-order chi connectivity index (χ0) is 24.2. The first kappa shape index (κ1) is 25.6. The molecule has 2 saturated heterocycles. The number of benzene rings is 1. The van der Waals surface area contributed by atoms with E-state index in [1.54, 1.807) is 17.0 Å². The van der Waals surface area contributed by atoms with Crippen LogP contribution in [-0.2, 0) is 19.6 Å². The van der Waals surface area contributed by atoms with Gasteiger partial charge in [0.1, 0.15) is 0 Å². The first-order valence-electron chi connectivity index (χ1n) is 11.9. The van der Waals surface area contributed by atoms with Crippen molar-refractivity contribution in [3.63, 3.8) is 0 Å². The molecule has 2 atom stereocenters. The average Bonchev–Trinajstić information content (AvgIpc) is 2.78. The van der Waals surface area contributed by atoms with Crippen LogP contribution >= 0.6 is 0 Å². The first-order valence-corrected chi connectivity index (χ1v) is 13.3. The van der Waals surface area contributed by atoms with Gasteiger partial charge in [0.25, 0.3) is 5.91 Å². The van der Waals surface area contributed by atoms with Crippen LogP contribution in [0.1, 0.15) is 57.3 Å². The summed E-state index contributed by atoms with van der Waals surface area (Å²) in [4.78, 5) is 27.2. The summed E-state index contributed by atoms with van der Waals surface area (Å²) >= 11 is 0. The molecule has 9 heteroatoms. The maximum Gasteiger partial charge on any atom is 0.253 e. The normalized spacial score (nSPS) is 23.0. The standard InChI is InChI=1S/C24H37N3O5S/c1-17(2)9-12-25-23(28)20-10-13-26(14-11-20)24(29)21-5-7-22(8-6-21)33(30,31)27-15-18(3)32-19(4)16-27/h5-8,17-20H,9-16H2,1-4H3,(H,25,28). The van der Waals surface area contributed by atoms with Crippen molar-refractivity contribution in [2.24, 2.45) is 11.8 Å². The monoisotopic (exact) mass is 479 g/mol. The van der Waals surface area contributed by atoms with Crippen molar-refractivity contribution in [3.05, 3.63) is 29.8 Å². The number of piperidine rings is 1. The maximum atomic E-state index is 13.0. The quantitative estimate of drug-likeness (QED) is 0.648. The molecule has 0 aliphatic carbocycles. The summed E-state index contributed by atoms with van der Waals surface area (Å²) < 4.78 is 33.1. The minimum atomic E-state index is -3.64. The van der Waals surface area contributed by atoms with E-state index in [1.807, 2.05) is 13.8 Å². The van der Waals surface area contributed by atoms with Crippen molar-refractivity contribution in [1.29, 1.82) is 0 Å². The van der Waals surface area contributed by atoms with Gasteiger partial charge in [-0.3, -0.25) is 9.59 Å². The molecule has 2 aliphatic heterocycles. The van der Waals surface area contributed by atoms with E-state index in [9.17, 15) is 18.0 Å². The Balaban J connectivity index is 1.56. The number of nitrogens with zero attached hydrogens (tertiary/aromatic N) is 2. The van der Waals surface area contributed by atoms with Gasteiger partial charge < -0.3 is 15.0 Å². The summed E-state index contributed by atoms with van der Waals surface area (Å²) in [6, 6.07) is 6.16. The molecule has 0 radical (unpaired) electrons. The summed E-state index contributed by atoms with van der Waals surface area (Å²) in [7, 11) is -3.64. The lowest BCUT2D eigenvalue weighted by Crippen LogP contribution is -2.48. The molecule has 2 amide bonds. The Hall–Kier alpha value is -1.97. The summed E-state index contributed by atoms with van der Waals surface area (Å²) in [5.74, 6) is 0.425. The largest absolute Gasteiger partial charge is 0.373 e. The molecule has 2 unspecified atom stereocenters. The Bertz CT molecular complexity index is 914. The zero-order valence-corrected chi connectivity index (χ0v) is 20.9. The summed E-state index contributed by atoms with van der Waals surface area (Å²) in [5.41, 5.74) is 0.456. The molecule has 2 aliphatic rings. The van der Waals surface area contributed by atoms with Gasteiger partial charge in [-0.05, 0) is 63.3 Å². The van der Waals surface area contributed by atoms with Crippen LogP contribution in [0.4, 0.5) is 0 Å². The van der Waals surface area contributed by atoms with E-state index in [1.165, 1.54) is 16.4 Å². The Morgan fingerprint density at radius 2 is 1.64 bits per heavy atom. The number of morpholine rings is 1. The van der Waals surface area contributed by atoms with Gasteiger partial charge in [-0.15, -0.1) is 0 Å². The predicted octanol–water partition coefficient (Wildman–Crippen LogP) is 2.50. The second kappa shape index (κ2) is 11.0. The SMILES string of the molecule is CC(C)CCNC(=O)C1CCN(C(=O)c2ccc(S(=O)(=O)N3CC(C)OC(C)C3)cc2)CC1. The molecule has 0 bridgehead atoms. The van der Waals surface area contributed by atoms with Crippen LogP contribution < -0.4 is 5.32 Å². The molecule has 0 spiro atoms. The van der Waals surface area contributed by atoms with E-state index in [4.69, 9.17) is 4.74 Å². The fraction of sp³-hybridized carbons (Fsp3) is 0.667. The van der Waals surface area contributed by atoms with Gasteiger partial charge in [0.15, 0.2) is 0 Å². The molecule has 1 aromatic carbocycles. The first-order chi connectivity index (χ1) is 15.6. The molecule has 184 valence electrons. The molecule has 0 saturated carbocycles. The molecule has 0 aromatic heterocycles. The van der Waals surface area contributed by atoms with E-state index in [0.29, 0.717) is 57.0 Å².